The first kappa shape index (κ1) is 38.4. The highest BCUT2D eigenvalue weighted by molar-refractivity contribution is 5.87. The first-order valence-corrected chi connectivity index (χ1v) is 13.0. The highest BCUT2D eigenvalue weighted by atomic mass is 16.5. The molecule has 0 heterocycles. The largest absolute Gasteiger partial charge is 0.480 e. The second-order valence-corrected chi connectivity index (χ2v) is 9.06. The fraction of sp³-hybridized carbons (Fsp3) is 0.519. The van der Waals surface area contributed by atoms with Crippen LogP contribution in [0.3, 0.4) is 0 Å². The molecular formula is C27H41N5O11. The Morgan fingerprint density at radius 1 is 0.558 bits per heavy atom. The first-order chi connectivity index (χ1) is 20.2. The molecule has 0 radical (unpaired) electrons. The van der Waals surface area contributed by atoms with Gasteiger partial charge in [-0.2, -0.15) is 0 Å². The lowest BCUT2D eigenvalue weighted by atomic mass is 10.4. The minimum atomic E-state index is -1.29. The SMILES string of the molecule is C=CC(=O)N(C)CCOC(=O)CN(CC(=O)O)CN(CC(=O)OCCN(C)C(=O)C=C)CC(=O)OCCN(C)C(=O)C=C. The van der Waals surface area contributed by atoms with Gasteiger partial charge in [0.05, 0.1) is 52.5 Å². The molecule has 0 unspecified atom stereocenters. The van der Waals surface area contributed by atoms with E-state index in [1.807, 2.05) is 0 Å². The molecule has 16 nitrogen and oxygen atoms in total. The summed E-state index contributed by atoms with van der Waals surface area (Å²) >= 11 is 0. The minimum Gasteiger partial charge on any atom is -0.480 e. The molecule has 0 saturated carbocycles. The maximum atomic E-state index is 12.5. The molecule has 240 valence electrons. The van der Waals surface area contributed by atoms with E-state index >= 15 is 0 Å². The predicted molar refractivity (Wildman–Crippen MR) is 152 cm³/mol. The third-order valence-electron chi connectivity index (χ3n) is 5.54. The van der Waals surface area contributed by atoms with E-state index in [0.717, 1.165) is 23.1 Å². The Balaban J connectivity index is 5.39. The third-order valence-corrected chi connectivity index (χ3v) is 5.54. The van der Waals surface area contributed by atoms with Crippen LogP contribution >= 0.6 is 0 Å². The lowest BCUT2D eigenvalue weighted by molar-refractivity contribution is -0.152. The van der Waals surface area contributed by atoms with Crippen LogP contribution < -0.4 is 0 Å². The van der Waals surface area contributed by atoms with Crippen LogP contribution in [0.25, 0.3) is 0 Å². The van der Waals surface area contributed by atoms with Crippen molar-refractivity contribution in [2.24, 2.45) is 0 Å². The number of carbonyl (C=O) groups is 7. The molecule has 3 amide bonds. The van der Waals surface area contributed by atoms with Gasteiger partial charge in [-0.25, -0.2) is 0 Å². The quantitative estimate of drug-likeness (QED) is 0.0626. The summed E-state index contributed by atoms with van der Waals surface area (Å²) in [5, 5.41) is 9.35. The fourth-order valence-corrected chi connectivity index (χ4v) is 3.16. The van der Waals surface area contributed by atoms with Crippen LogP contribution in [-0.4, -0.2) is 165 Å². The van der Waals surface area contributed by atoms with E-state index in [-0.39, 0.29) is 63.8 Å². The molecule has 0 aliphatic carbocycles. The van der Waals surface area contributed by atoms with Gasteiger partial charge in [0, 0.05) is 21.1 Å². The van der Waals surface area contributed by atoms with Gasteiger partial charge in [-0.1, -0.05) is 19.7 Å². The van der Waals surface area contributed by atoms with Crippen LogP contribution in [0.15, 0.2) is 38.0 Å². The van der Waals surface area contributed by atoms with Gasteiger partial charge in [0.15, 0.2) is 0 Å². The number of carboxylic acid groups (broad SMARTS) is 1. The summed E-state index contributed by atoms with van der Waals surface area (Å²) in [5.74, 6) is -4.83. The minimum absolute atomic E-state index is 0.0696. The number of ether oxygens (including phenoxy) is 3. The van der Waals surface area contributed by atoms with E-state index in [1.54, 1.807) is 0 Å². The summed E-state index contributed by atoms with van der Waals surface area (Å²) in [6, 6.07) is 0. The topological polar surface area (TPSA) is 184 Å². The molecule has 0 aromatic rings. The highest BCUT2D eigenvalue weighted by Gasteiger charge is 2.23. The molecule has 0 rings (SSSR count). The normalized spacial score (nSPS) is 10.3. The smallest absolute Gasteiger partial charge is 0.320 e. The molecular weight excluding hydrogens is 570 g/mol. The van der Waals surface area contributed by atoms with Crippen LogP contribution in [0.2, 0.25) is 0 Å². The van der Waals surface area contributed by atoms with Crippen molar-refractivity contribution < 1.29 is 52.9 Å². The van der Waals surface area contributed by atoms with E-state index in [0.29, 0.717) is 0 Å². The number of carboxylic acids is 1. The van der Waals surface area contributed by atoms with E-state index in [1.165, 1.54) is 40.7 Å². The van der Waals surface area contributed by atoms with Crippen LogP contribution in [0.1, 0.15) is 0 Å². The molecule has 43 heavy (non-hydrogen) atoms. The van der Waals surface area contributed by atoms with E-state index in [2.05, 4.69) is 19.7 Å². The van der Waals surface area contributed by atoms with Crippen molar-refractivity contribution in [1.82, 2.24) is 24.5 Å². The summed E-state index contributed by atoms with van der Waals surface area (Å²) in [5.41, 5.74) is 0. The zero-order chi connectivity index (χ0) is 32.9. The van der Waals surface area contributed by atoms with Gasteiger partial charge in [0.2, 0.25) is 17.7 Å². The van der Waals surface area contributed by atoms with Crippen molar-refractivity contribution in [2.45, 2.75) is 0 Å². The maximum Gasteiger partial charge on any atom is 0.320 e. The average molecular weight is 612 g/mol. The molecule has 0 aromatic heterocycles. The van der Waals surface area contributed by atoms with Crippen molar-refractivity contribution in [2.75, 3.05) is 93.4 Å². The molecule has 0 aliphatic rings. The van der Waals surface area contributed by atoms with Crippen molar-refractivity contribution in [1.29, 1.82) is 0 Å². The summed E-state index contributed by atoms with van der Waals surface area (Å²) in [6.07, 6.45) is 3.29. The fourth-order valence-electron chi connectivity index (χ4n) is 3.16. The standard InChI is InChI=1S/C27H41N5O11/c1-7-21(33)28(4)10-13-41-25(38)17-31(16-24(36)37)20-32(18-26(39)42-14-11-29(5)22(34)8-2)19-27(40)43-15-12-30(6)23(35)9-3/h7-9H,1-3,10-20H2,4-6H3,(H,36,37). The Morgan fingerprint density at radius 3 is 1.09 bits per heavy atom. The molecule has 0 bridgehead atoms. The maximum absolute atomic E-state index is 12.5. The van der Waals surface area contributed by atoms with Crippen molar-refractivity contribution in [3.05, 3.63) is 38.0 Å². The molecule has 0 spiro atoms. The second-order valence-electron chi connectivity index (χ2n) is 9.06. The summed E-state index contributed by atoms with van der Waals surface area (Å²) in [7, 11) is 4.45. The number of hydrogen-bond donors (Lipinski definition) is 1. The summed E-state index contributed by atoms with van der Waals surface area (Å²) < 4.78 is 15.4. The Kier molecular flexibility index (Phi) is 18.9. The Hall–Kier alpha value is -4.57. The Labute approximate surface area is 250 Å². The zero-order valence-corrected chi connectivity index (χ0v) is 24.9. The first-order valence-electron chi connectivity index (χ1n) is 13.0. The van der Waals surface area contributed by atoms with Gasteiger partial charge < -0.3 is 34.0 Å². The van der Waals surface area contributed by atoms with E-state index < -0.39 is 50.1 Å². The molecule has 16 heteroatoms. The number of nitrogens with zero attached hydrogens (tertiary/aromatic N) is 5. The van der Waals surface area contributed by atoms with Crippen molar-refractivity contribution in [3.63, 3.8) is 0 Å². The Bertz CT molecular complexity index is 987. The zero-order valence-electron chi connectivity index (χ0n) is 24.9. The van der Waals surface area contributed by atoms with Gasteiger partial charge in [-0.15, -0.1) is 0 Å². The van der Waals surface area contributed by atoms with E-state index in [4.69, 9.17) is 14.2 Å². The van der Waals surface area contributed by atoms with Crippen molar-refractivity contribution in [3.8, 4) is 0 Å². The molecule has 0 aliphatic heterocycles. The van der Waals surface area contributed by atoms with Gasteiger partial charge in [0.25, 0.3) is 0 Å². The van der Waals surface area contributed by atoms with Gasteiger partial charge in [0.1, 0.15) is 19.8 Å². The summed E-state index contributed by atoms with van der Waals surface area (Å²) in [4.78, 5) is 89.7. The van der Waals surface area contributed by atoms with Crippen molar-refractivity contribution >= 4 is 41.6 Å². The van der Waals surface area contributed by atoms with Crippen LogP contribution in [0.5, 0.6) is 0 Å². The monoisotopic (exact) mass is 611 g/mol. The molecule has 0 fully saturated rings. The number of likely N-dealkylation sites (N-methyl/N-ethyl adjacent to an activating group) is 3. The summed E-state index contributed by atoms with van der Waals surface area (Å²) in [6.45, 7) is 7.30. The number of esters is 3. The average Bonchev–Trinajstić information content (AvgIpc) is 2.94. The predicted octanol–water partition coefficient (Wildman–Crippen LogP) is -1.80. The third kappa shape index (κ3) is 17.8. The molecule has 1 N–H and O–H groups in total. The number of aliphatic carboxylic acids is 1. The van der Waals surface area contributed by atoms with E-state index in [9.17, 15) is 38.7 Å². The lowest BCUT2D eigenvalue weighted by Crippen LogP contribution is -2.47. The van der Waals surface area contributed by atoms with Crippen LogP contribution in [0.4, 0.5) is 0 Å². The lowest BCUT2D eigenvalue weighted by Gasteiger charge is -2.28. The van der Waals surface area contributed by atoms with Crippen LogP contribution in [0, 0.1) is 0 Å². The highest BCUT2D eigenvalue weighted by Crippen LogP contribution is 2.01. The van der Waals surface area contributed by atoms with Crippen LogP contribution in [-0.2, 0) is 47.8 Å². The van der Waals surface area contributed by atoms with Gasteiger partial charge >= 0.3 is 23.9 Å². The second kappa shape index (κ2) is 21.2. The Morgan fingerprint density at radius 2 is 0.837 bits per heavy atom. The van der Waals surface area contributed by atoms with Gasteiger partial charge in [-0.05, 0) is 18.2 Å². The molecule has 0 saturated heterocycles. The number of carbonyl (C=O) groups excluding carboxylic acids is 6. The van der Waals surface area contributed by atoms with Gasteiger partial charge in [-0.3, -0.25) is 43.4 Å². The molecule has 0 aromatic carbocycles. The molecule has 0 atom stereocenters. The number of hydrogen-bond acceptors (Lipinski definition) is 12. The number of amides is 3. The number of rotatable bonds is 22.